The summed E-state index contributed by atoms with van der Waals surface area (Å²) in [6.07, 6.45) is -2.69. The Kier molecular flexibility index (Phi) is 5.68. The minimum atomic E-state index is -4.53. The second-order valence-corrected chi connectivity index (χ2v) is 5.95. The number of amides is 1. The summed E-state index contributed by atoms with van der Waals surface area (Å²) in [5.41, 5.74) is 0.0740. The average molecular weight is 408 g/mol. The van der Waals surface area contributed by atoms with E-state index in [1.54, 1.807) is 10.7 Å². The molecule has 132 valence electrons. The zero-order chi connectivity index (χ0) is 17.9. The van der Waals surface area contributed by atoms with Crippen molar-refractivity contribution in [2.24, 2.45) is 0 Å². The quantitative estimate of drug-likeness (QED) is 0.800. The van der Waals surface area contributed by atoms with E-state index in [4.69, 9.17) is 0 Å². The van der Waals surface area contributed by atoms with Crippen LogP contribution in [0.25, 0.3) is 0 Å². The first-order valence-electron chi connectivity index (χ1n) is 7.31. The molecule has 0 aliphatic carbocycles. The van der Waals surface area contributed by atoms with Gasteiger partial charge in [-0.2, -0.15) is 23.4 Å². The standard InChI is InChI=1S/C14H17BrF3N5O/c1-3-22-6-4-10(20-22)8-19-11(24)5-7-23-9(2)12(15)13(21-23)14(16,17)18/h4,6H,3,5,7-8H2,1-2H3,(H,19,24). The number of carbonyl (C=O) groups is 1. The SMILES string of the molecule is CCn1ccc(CNC(=O)CCn2nc(C(F)(F)F)c(Br)c2C)n1. The number of nitrogens with one attached hydrogen (secondary N) is 1. The molecule has 1 N–H and O–H groups in total. The van der Waals surface area contributed by atoms with E-state index in [1.165, 1.54) is 11.6 Å². The smallest absolute Gasteiger partial charge is 0.350 e. The van der Waals surface area contributed by atoms with E-state index in [0.717, 1.165) is 12.2 Å². The third-order valence-electron chi connectivity index (χ3n) is 3.44. The molecule has 1 amide bonds. The summed E-state index contributed by atoms with van der Waals surface area (Å²) in [7, 11) is 0. The van der Waals surface area contributed by atoms with Gasteiger partial charge in [0.1, 0.15) is 0 Å². The Bertz CT molecular complexity index is 723. The molecule has 0 bridgehead atoms. The molecular weight excluding hydrogens is 391 g/mol. The summed E-state index contributed by atoms with van der Waals surface area (Å²) in [6, 6.07) is 1.80. The summed E-state index contributed by atoms with van der Waals surface area (Å²) in [4.78, 5) is 11.8. The minimum Gasteiger partial charge on any atom is -0.350 e. The lowest BCUT2D eigenvalue weighted by Crippen LogP contribution is -2.24. The Labute approximate surface area is 145 Å². The van der Waals surface area contributed by atoms with Crippen molar-refractivity contribution >= 4 is 21.8 Å². The minimum absolute atomic E-state index is 0.0285. The van der Waals surface area contributed by atoms with Crippen molar-refractivity contribution in [1.82, 2.24) is 24.9 Å². The topological polar surface area (TPSA) is 64.7 Å². The number of halogens is 4. The predicted octanol–water partition coefficient (Wildman–Crippen LogP) is 2.90. The number of aryl methyl sites for hydroxylation is 2. The molecule has 0 atom stereocenters. The van der Waals surface area contributed by atoms with E-state index < -0.39 is 11.9 Å². The van der Waals surface area contributed by atoms with Gasteiger partial charge in [0, 0.05) is 19.2 Å². The monoisotopic (exact) mass is 407 g/mol. The molecule has 0 saturated carbocycles. The van der Waals surface area contributed by atoms with Crippen LogP contribution in [0.1, 0.15) is 30.4 Å². The highest BCUT2D eigenvalue weighted by Crippen LogP contribution is 2.35. The van der Waals surface area contributed by atoms with E-state index in [2.05, 4.69) is 31.4 Å². The van der Waals surface area contributed by atoms with E-state index in [-0.39, 0.29) is 29.9 Å². The van der Waals surface area contributed by atoms with Crippen molar-refractivity contribution in [3.05, 3.63) is 33.8 Å². The van der Waals surface area contributed by atoms with Crippen LogP contribution in [0.3, 0.4) is 0 Å². The number of carbonyl (C=O) groups excluding carboxylic acids is 1. The average Bonchev–Trinajstić information content (AvgIpc) is 3.09. The van der Waals surface area contributed by atoms with Gasteiger partial charge < -0.3 is 5.32 Å². The molecule has 2 rings (SSSR count). The normalized spacial score (nSPS) is 11.8. The molecule has 6 nitrogen and oxygen atoms in total. The fraction of sp³-hybridized carbons (Fsp3) is 0.500. The van der Waals surface area contributed by atoms with Crippen molar-refractivity contribution in [2.45, 2.75) is 46.1 Å². The Hall–Kier alpha value is -1.84. The maximum Gasteiger partial charge on any atom is 0.436 e. The highest BCUT2D eigenvalue weighted by molar-refractivity contribution is 9.10. The lowest BCUT2D eigenvalue weighted by Gasteiger charge is -2.06. The second-order valence-electron chi connectivity index (χ2n) is 5.16. The van der Waals surface area contributed by atoms with Crippen molar-refractivity contribution in [3.8, 4) is 0 Å². The van der Waals surface area contributed by atoms with Gasteiger partial charge in [-0.3, -0.25) is 14.2 Å². The molecular formula is C14H17BrF3N5O. The largest absolute Gasteiger partial charge is 0.436 e. The number of nitrogens with zero attached hydrogens (tertiary/aromatic N) is 4. The van der Waals surface area contributed by atoms with Crippen LogP contribution in [-0.4, -0.2) is 25.5 Å². The molecule has 0 saturated heterocycles. The number of hydrogen-bond acceptors (Lipinski definition) is 3. The molecule has 2 heterocycles. The highest BCUT2D eigenvalue weighted by atomic mass is 79.9. The lowest BCUT2D eigenvalue weighted by atomic mass is 10.3. The van der Waals surface area contributed by atoms with Gasteiger partial charge in [-0.05, 0) is 35.8 Å². The van der Waals surface area contributed by atoms with Gasteiger partial charge in [-0.25, -0.2) is 0 Å². The number of rotatable bonds is 6. The van der Waals surface area contributed by atoms with Gasteiger partial charge in [0.15, 0.2) is 5.69 Å². The summed E-state index contributed by atoms with van der Waals surface area (Å²) >= 11 is 2.90. The zero-order valence-corrected chi connectivity index (χ0v) is 14.8. The van der Waals surface area contributed by atoms with Crippen molar-refractivity contribution in [2.75, 3.05) is 0 Å². The van der Waals surface area contributed by atoms with Crippen LogP contribution in [0.15, 0.2) is 16.7 Å². The first kappa shape index (κ1) is 18.5. The van der Waals surface area contributed by atoms with Crippen LogP contribution in [0.2, 0.25) is 0 Å². The van der Waals surface area contributed by atoms with Gasteiger partial charge in [-0.15, -0.1) is 0 Å². The zero-order valence-electron chi connectivity index (χ0n) is 13.2. The third-order valence-corrected chi connectivity index (χ3v) is 4.39. The van der Waals surface area contributed by atoms with Crippen LogP contribution in [0.5, 0.6) is 0 Å². The maximum atomic E-state index is 12.8. The summed E-state index contributed by atoms with van der Waals surface area (Å²) in [5, 5.41) is 10.5. The van der Waals surface area contributed by atoms with Gasteiger partial charge in [0.25, 0.3) is 0 Å². The lowest BCUT2D eigenvalue weighted by molar-refractivity contribution is -0.142. The summed E-state index contributed by atoms with van der Waals surface area (Å²) < 4.78 is 41.2. The molecule has 10 heteroatoms. The van der Waals surface area contributed by atoms with Crippen molar-refractivity contribution in [1.29, 1.82) is 0 Å². The predicted molar refractivity (Wildman–Crippen MR) is 84.0 cm³/mol. The Balaban J connectivity index is 1.90. The fourth-order valence-corrected chi connectivity index (χ4v) is 2.59. The van der Waals surface area contributed by atoms with Crippen LogP contribution < -0.4 is 5.32 Å². The molecule has 0 spiro atoms. The Morgan fingerprint density at radius 2 is 2.08 bits per heavy atom. The molecule has 0 aromatic carbocycles. The van der Waals surface area contributed by atoms with Crippen LogP contribution in [0, 0.1) is 6.92 Å². The Morgan fingerprint density at radius 3 is 2.62 bits per heavy atom. The van der Waals surface area contributed by atoms with E-state index >= 15 is 0 Å². The molecule has 0 aliphatic heterocycles. The van der Waals surface area contributed by atoms with Crippen molar-refractivity contribution in [3.63, 3.8) is 0 Å². The number of aromatic nitrogens is 4. The van der Waals surface area contributed by atoms with E-state index in [1.807, 2.05) is 13.1 Å². The maximum absolute atomic E-state index is 12.8. The molecule has 2 aromatic rings. The molecule has 2 aromatic heterocycles. The van der Waals surface area contributed by atoms with E-state index in [0.29, 0.717) is 5.69 Å². The first-order chi connectivity index (χ1) is 11.2. The molecule has 0 fully saturated rings. The van der Waals surface area contributed by atoms with Gasteiger partial charge in [-0.1, -0.05) is 0 Å². The Morgan fingerprint density at radius 1 is 1.38 bits per heavy atom. The molecule has 0 radical (unpaired) electrons. The van der Waals surface area contributed by atoms with Crippen LogP contribution in [-0.2, 0) is 30.6 Å². The highest BCUT2D eigenvalue weighted by Gasteiger charge is 2.37. The number of hydrogen-bond donors (Lipinski definition) is 1. The third kappa shape index (κ3) is 4.37. The molecule has 24 heavy (non-hydrogen) atoms. The van der Waals surface area contributed by atoms with Gasteiger partial charge >= 0.3 is 6.18 Å². The van der Waals surface area contributed by atoms with Crippen molar-refractivity contribution < 1.29 is 18.0 Å². The molecule has 0 unspecified atom stereocenters. The second kappa shape index (κ2) is 7.37. The number of alkyl halides is 3. The summed E-state index contributed by atoms with van der Waals surface area (Å²) in [6.45, 7) is 4.55. The molecule has 0 aliphatic rings. The fourth-order valence-electron chi connectivity index (χ4n) is 2.08. The van der Waals surface area contributed by atoms with Gasteiger partial charge in [0.05, 0.1) is 29.0 Å². The van der Waals surface area contributed by atoms with Crippen LogP contribution in [0.4, 0.5) is 13.2 Å². The van der Waals surface area contributed by atoms with Crippen LogP contribution >= 0.6 is 15.9 Å². The van der Waals surface area contributed by atoms with Gasteiger partial charge in [0.2, 0.25) is 5.91 Å². The first-order valence-corrected chi connectivity index (χ1v) is 8.10. The summed E-state index contributed by atoms with van der Waals surface area (Å²) in [5.74, 6) is -0.277. The van der Waals surface area contributed by atoms with E-state index in [9.17, 15) is 18.0 Å².